The molecule has 3 aliphatic carbocycles. The number of halogens is 2. The van der Waals surface area contributed by atoms with Crippen LogP contribution < -0.4 is 0 Å². The Morgan fingerprint density at radius 2 is 1.68 bits per heavy atom. The van der Waals surface area contributed by atoms with E-state index in [-0.39, 0.29) is 10.8 Å². The SMILES string of the molecule is CCC[C@@H]1CC[C@H]2[C@H](CC[C@H]3CC(c4ccc(Cl)c(F)c4)CC[C@@H]32)C1. The van der Waals surface area contributed by atoms with Gasteiger partial charge in [-0.3, -0.25) is 0 Å². The van der Waals surface area contributed by atoms with Crippen LogP contribution in [0.4, 0.5) is 4.39 Å². The molecular weight excluding hydrogens is 331 g/mol. The third kappa shape index (κ3) is 3.64. The monoisotopic (exact) mass is 362 g/mol. The maximum atomic E-state index is 13.9. The molecule has 1 unspecified atom stereocenters. The molecule has 0 amide bonds. The summed E-state index contributed by atoms with van der Waals surface area (Å²) < 4.78 is 13.9. The second-order valence-electron chi connectivity index (χ2n) is 9.08. The fraction of sp³-hybridized carbons (Fsp3) is 0.739. The molecule has 1 aromatic carbocycles. The van der Waals surface area contributed by atoms with Crippen LogP contribution in [0.25, 0.3) is 0 Å². The van der Waals surface area contributed by atoms with Crippen LogP contribution >= 0.6 is 11.6 Å². The van der Waals surface area contributed by atoms with E-state index in [0.717, 1.165) is 29.6 Å². The van der Waals surface area contributed by atoms with Crippen LogP contribution in [-0.2, 0) is 0 Å². The summed E-state index contributed by atoms with van der Waals surface area (Å²) in [6.45, 7) is 2.34. The Kier molecular flexibility index (Phi) is 5.41. The van der Waals surface area contributed by atoms with E-state index in [0.29, 0.717) is 5.92 Å². The average molecular weight is 363 g/mol. The third-order valence-corrected chi connectivity index (χ3v) is 8.07. The largest absolute Gasteiger partial charge is 0.205 e. The first kappa shape index (κ1) is 17.8. The van der Waals surface area contributed by atoms with Crippen molar-refractivity contribution in [1.82, 2.24) is 0 Å². The van der Waals surface area contributed by atoms with E-state index in [1.165, 1.54) is 69.8 Å². The molecule has 0 nitrogen and oxygen atoms in total. The molecule has 0 saturated heterocycles. The van der Waals surface area contributed by atoms with E-state index >= 15 is 0 Å². The molecule has 1 aromatic rings. The Morgan fingerprint density at radius 1 is 0.960 bits per heavy atom. The second kappa shape index (κ2) is 7.59. The van der Waals surface area contributed by atoms with Crippen LogP contribution in [-0.4, -0.2) is 0 Å². The van der Waals surface area contributed by atoms with Gasteiger partial charge in [-0.2, -0.15) is 0 Å². The molecule has 3 aliphatic rings. The molecule has 0 N–H and O–H groups in total. The zero-order chi connectivity index (χ0) is 17.4. The molecule has 6 atom stereocenters. The van der Waals surface area contributed by atoms with Crippen molar-refractivity contribution in [2.24, 2.45) is 29.6 Å². The van der Waals surface area contributed by atoms with Gasteiger partial charge in [0.2, 0.25) is 0 Å². The van der Waals surface area contributed by atoms with Gasteiger partial charge in [-0.1, -0.05) is 43.9 Å². The van der Waals surface area contributed by atoms with E-state index in [4.69, 9.17) is 11.6 Å². The van der Waals surface area contributed by atoms with Crippen LogP contribution in [0, 0.1) is 35.4 Å². The van der Waals surface area contributed by atoms with Gasteiger partial charge in [0.15, 0.2) is 0 Å². The van der Waals surface area contributed by atoms with Crippen LogP contribution in [0.3, 0.4) is 0 Å². The third-order valence-electron chi connectivity index (χ3n) is 7.76. The van der Waals surface area contributed by atoms with Crippen LogP contribution in [0.1, 0.15) is 82.6 Å². The van der Waals surface area contributed by atoms with Crippen LogP contribution in [0.2, 0.25) is 5.02 Å². The van der Waals surface area contributed by atoms with Gasteiger partial charge in [-0.15, -0.1) is 0 Å². The first-order chi connectivity index (χ1) is 12.2. The fourth-order valence-electron chi connectivity index (χ4n) is 6.63. The summed E-state index contributed by atoms with van der Waals surface area (Å²) in [5.74, 6) is 5.14. The quantitative estimate of drug-likeness (QED) is 0.519. The minimum Gasteiger partial charge on any atom is -0.205 e. The Morgan fingerprint density at radius 3 is 2.40 bits per heavy atom. The van der Waals surface area contributed by atoms with Crippen molar-refractivity contribution in [3.63, 3.8) is 0 Å². The maximum Gasteiger partial charge on any atom is 0.142 e. The molecule has 0 aliphatic heterocycles. The maximum absolute atomic E-state index is 13.9. The van der Waals surface area contributed by atoms with Crippen molar-refractivity contribution in [3.8, 4) is 0 Å². The highest BCUT2D eigenvalue weighted by Crippen LogP contribution is 2.55. The van der Waals surface area contributed by atoms with Crippen molar-refractivity contribution in [3.05, 3.63) is 34.6 Å². The summed E-state index contributed by atoms with van der Waals surface area (Å²) in [5, 5.41) is 0.252. The van der Waals surface area contributed by atoms with E-state index in [9.17, 15) is 4.39 Å². The minimum absolute atomic E-state index is 0.251. The Balaban J connectivity index is 1.42. The van der Waals surface area contributed by atoms with Gasteiger partial charge in [0.25, 0.3) is 0 Å². The summed E-state index contributed by atoms with van der Waals surface area (Å²) in [5.41, 5.74) is 1.18. The summed E-state index contributed by atoms with van der Waals surface area (Å²) >= 11 is 5.87. The topological polar surface area (TPSA) is 0 Å². The van der Waals surface area contributed by atoms with Crippen molar-refractivity contribution in [2.75, 3.05) is 0 Å². The smallest absolute Gasteiger partial charge is 0.142 e. The van der Waals surface area contributed by atoms with E-state index in [2.05, 4.69) is 13.0 Å². The number of hydrogen-bond acceptors (Lipinski definition) is 0. The average Bonchev–Trinajstić information content (AvgIpc) is 2.63. The molecule has 0 heterocycles. The van der Waals surface area contributed by atoms with Crippen LogP contribution in [0.5, 0.6) is 0 Å². The number of hydrogen-bond donors (Lipinski definition) is 0. The fourth-order valence-corrected chi connectivity index (χ4v) is 6.75. The van der Waals surface area contributed by atoms with Gasteiger partial charge >= 0.3 is 0 Å². The molecule has 4 rings (SSSR count). The second-order valence-corrected chi connectivity index (χ2v) is 9.48. The molecule has 0 bridgehead atoms. The van der Waals surface area contributed by atoms with Crippen molar-refractivity contribution in [1.29, 1.82) is 0 Å². The molecule has 3 fully saturated rings. The lowest BCUT2D eigenvalue weighted by Crippen LogP contribution is -2.41. The molecule has 138 valence electrons. The first-order valence-electron chi connectivity index (χ1n) is 10.6. The van der Waals surface area contributed by atoms with Gasteiger partial charge < -0.3 is 0 Å². The summed E-state index contributed by atoms with van der Waals surface area (Å²) in [7, 11) is 0. The van der Waals surface area contributed by atoms with Crippen molar-refractivity contribution in [2.45, 2.75) is 77.0 Å². The molecule has 3 saturated carbocycles. The lowest BCUT2D eigenvalue weighted by Gasteiger charge is -2.51. The van der Waals surface area contributed by atoms with Gasteiger partial charge in [-0.05, 0) is 98.1 Å². The number of benzene rings is 1. The van der Waals surface area contributed by atoms with Crippen molar-refractivity contribution < 1.29 is 4.39 Å². The summed E-state index contributed by atoms with van der Waals surface area (Å²) in [4.78, 5) is 0. The molecule has 0 radical (unpaired) electrons. The predicted octanol–water partition coefficient (Wildman–Crippen LogP) is 7.61. The first-order valence-corrected chi connectivity index (χ1v) is 11.0. The zero-order valence-electron chi connectivity index (χ0n) is 15.5. The van der Waals surface area contributed by atoms with Gasteiger partial charge in [-0.25, -0.2) is 4.39 Å². The summed E-state index contributed by atoms with van der Waals surface area (Å²) in [6, 6.07) is 5.48. The molecular formula is C23H32ClF. The lowest BCUT2D eigenvalue weighted by molar-refractivity contribution is 0.00541. The molecule has 25 heavy (non-hydrogen) atoms. The van der Waals surface area contributed by atoms with Gasteiger partial charge in [0, 0.05) is 0 Å². The van der Waals surface area contributed by atoms with Gasteiger partial charge in [0.05, 0.1) is 5.02 Å². The van der Waals surface area contributed by atoms with E-state index in [1.807, 2.05) is 0 Å². The van der Waals surface area contributed by atoms with Crippen LogP contribution in [0.15, 0.2) is 18.2 Å². The molecule has 0 aromatic heterocycles. The normalized spacial score (nSPS) is 38.0. The standard InChI is InChI=1S/C23H32ClF/c1-2-3-15-4-9-20-18(12-15)5-6-19-13-16(7-10-21(19)20)17-8-11-22(24)23(25)14-17/h8,11,14-16,18-21H,2-7,9-10,12-13H2,1H3/t15-,16?,18-,19+,20+,21+/m1/s1. The Bertz CT molecular complexity index is 598. The Labute approximate surface area is 157 Å². The number of rotatable bonds is 3. The van der Waals surface area contributed by atoms with E-state index < -0.39 is 0 Å². The summed E-state index contributed by atoms with van der Waals surface area (Å²) in [6.07, 6.45) is 14.0. The van der Waals surface area contributed by atoms with Gasteiger partial charge in [0.1, 0.15) is 5.82 Å². The zero-order valence-corrected chi connectivity index (χ0v) is 16.3. The molecule has 0 spiro atoms. The lowest BCUT2D eigenvalue weighted by atomic mass is 9.55. The minimum atomic E-state index is -0.251. The van der Waals surface area contributed by atoms with Crippen molar-refractivity contribution >= 4 is 11.6 Å². The highest BCUT2D eigenvalue weighted by molar-refractivity contribution is 6.30. The highest BCUT2D eigenvalue weighted by Gasteiger charge is 2.44. The van der Waals surface area contributed by atoms with E-state index in [1.54, 1.807) is 12.1 Å². The number of fused-ring (bicyclic) bond motifs is 3. The predicted molar refractivity (Wildman–Crippen MR) is 103 cm³/mol. The Hall–Kier alpha value is -0.560. The highest BCUT2D eigenvalue weighted by atomic mass is 35.5. The molecule has 2 heteroatoms.